The van der Waals surface area contributed by atoms with Gasteiger partial charge < -0.3 is 15.2 Å². The van der Waals surface area contributed by atoms with E-state index in [9.17, 15) is 14.7 Å². The van der Waals surface area contributed by atoms with Crippen molar-refractivity contribution in [3.63, 3.8) is 0 Å². The zero-order chi connectivity index (χ0) is 15.5. The van der Waals surface area contributed by atoms with Gasteiger partial charge in [-0.25, -0.2) is 14.8 Å². The van der Waals surface area contributed by atoms with Gasteiger partial charge in [0, 0.05) is 26.1 Å². The fraction of sp³-hybridized carbons (Fsp3) is 0.500. The normalized spacial score (nSPS) is 17.2. The van der Waals surface area contributed by atoms with Gasteiger partial charge in [-0.2, -0.15) is 0 Å². The molecule has 9 heteroatoms. The molecule has 0 saturated carbocycles. The molecule has 1 aromatic rings. The van der Waals surface area contributed by atoms with Crippen molar-refractivity contribution in [3.05, 3.63) is 16.9 Å². The standard InChI is InChI=1S/C12H14ClN3O4S/c1-21-11-14-6-7(13)8(15-11)9(17)16-12(10(18)19)2-4-20-5-3-12/h6H,2-5H2,1H3,(H,16,17)(H,18,19). The molecular formula is C12H14ClN3O4S. The third-order valence-electron chi connectivity index (χ3n) is 3.23. The van der Waals surface area contributed by atoms with Crippen LogP contribution >= 0.6 is 23.4 Å². The van der Waals surface area contributed by atoms with Gasteiger partial charge in [0.15, 0.2) is 10.9 Å². The topological polar surface area (TPSA) is 101 Å². The second kappa shape index (κ2) is 6.59. The third kappa shape index (κ3) is 3.45. The van der Waals surface area contributed by atoms with Crippen molar-refractivity contribution in [3.8, 4) is 0 Å². The van der Waals surface area contributed by atoms with Gasteiger partial charge in [-0.3, -0.25) is 4.79 Å². The summed E-state index contributed by atoms with van der Waals surface area (Å²) in [6, 6.07) is 0. The van der Waals surface area contributed by atoms with Crippen LogP contribution in [0.15, 0.2) is 11.4 Å². The van der Waals surface area contributed by atoms with Crippen LogP contribution in [0.4, 0.5) is 0 Å². The number of carboxylic acids is 1. The van der Waals surface area contributed by atoms with Gasteiger partial charge in [-0.15, -0.1) is 0 Å². The van der Waals surface area contributed by atoms with E-state index < -0.39 is 17.4 Å². The molecule has 114 valence electrons. The van der Waals surface area contributed by atoms with Crippen LogP contribution in [-0.4, -0.2) is 52.0 Å². The minimum absolute atomic E-state index is 0.0249. The third-order valence-corrected chi connectivity index (χ3v) is 4.07. The number of aromatic nitrogens is 2. The zero-order valence-electron chi connectivity index (χ0n) is 11.3. The van der Waals surface area contributed by atoms with Crippen LogP contribution < -0.4 is 5.32 Å². The Balaban J connectivity index is 2.25. The average Bonchev–Trinajstić information content (AvgIpc) is 2.48. The molecule has 0 unspecified atom stereocenters. The average molecular weight is 332 g/mol. The zero-order valence-corrected chi connectivity index (χ0v) is 12.8. The number of aliphatic carboxylic acids is 1. The maximum Gasteiger partial charge on any atom is 0.329 e. The summed E-state index contributed by atoms with van der Waals surface area (Å²) in [5.74, 6) is -1.71. The minimum atomic E-state index is -1.34. The lowest BCUT2D eigenvalue weighted by molar-refractivity contribution is -0.148. The summed E-state index contributed by atoms with van der Waals surface area (Å²) in [6.07, 6.45) is 3.49. The molecule has 0 atom stereocenters. The predicted molar refractivity (Wildman–Crippen MR) is 76.7 cm³/mol. The Labute approximate surface area is 130 Å². The van der Waals surface area contributed by atoms with Crippen molar-refractivity contribution >= 4 is 35.2 Å². The number of hydrogen-bond donors (Lipinski definition) is 2. The number of rotatable bonds is 4. The second-order valence-electron chi connectivity index (χ2n) is 4.51. The van der Waals surface area contributed by atoms with Gasteiger partial charge in [0.05, 0.1) is 11.2 Å². The lowest BCUT2D eigenvalue weighted by Crippen LogP contribution is -2.57. The van der Waals surface area contributed by atoms with Crippen molar-refractivity contribution in [1.29, 1.82) is 0 Å². The smallest absolute Gasteiger partial charge is 0.329 e. The van der Waals surface area contributed by atoms with Crippen molar-refractivity contribution < 1.29 is 19.4 Å². The molecule has 2 N–H and O–H groups in total. The lowest BCUT2D eigenvalue weighted by atomic mass is 9.90. The van der Waals surface area contributed by atoms with Crippen LogP contribution in [0.5, 0.6) is 0 Å². The largest absolute Gasteiger partial charge is 0.480 e. The molecule has 0 bridgehead atoms. The first-order chi connectivity index (χ1) is 9.98. The number of carbonyl (C=O) groups excluding carboxylic acids is 1. The van der Waals surface area contributed by atoms with Crippen molar-refractivity contribution in [1.82, 2.24) is 15.3 Å². The summed E-state index contributed by atoms with van der Waals surface area (Å²) >= 11 is 7.19. The monoisotopic (exact) mass is 331 g/mol. The van der Waals surface area contributed by atoms with Gasteiger partial charge in [0.1, 0.15) is 5.54 Å². The van der Waals surface area contributed by atoms with E-state index in [2.05, 4.69) is 15.3 Å². The van der Waals surface area contributed by atoms with E-state index in [0.717, 1.165) is 0 Å². The second-order valence-corrected chi connectivity index (χ2v) is 5.69. The first-order valence-corrected chi connectivity index (χ1v) is 7.79. The molecule has 2 rings (SSSR count). The van der Waals surface area contributed by atoms with E-state index in [1.165, 1.54) is 18.0 Å². The van der Waals surface area contributed by atoms with E-state index in [1.807, 2.05) is 0 Å². The molecule has 1 fully saturated rings. The molecule has 2 heterocycles. The molecule has 21 heavy (non-hydrogen) atoms. The van der Waals surface area contributed by atoms with Crippen molar-refractivity contribution in [2.45, 2.75) is 23.5 Å². The van der Waals surface area contributed by atoms with Gasteiger partial charge in [-0.1, -0.05) is 23.4 Å². The van der Waals surface area contributed by atoms with Crippen LogP contribution in [-0.2, 0) is 9.53 Å². The summed E-state index contributed by atoms with van der Waals surface area (Å²) in [4.78, 5) is 31.8. The highest BCUT2D eigenvalue weighted by Crippen LogP contribution is 2.23. The minimum Gasteiger partial charge on any atom is -0.480 e. The van der Waals surface area contributed by atoms with E-state index >= 15 is 0 Å². The predicted octanol–water partition coefficient (Wildman–Crippen LogP) is 1.22. The van der Waals surface area contributed by atoms with Crippen molar-refractivity contribution in [2.75, 3.05) is 19.5 Å². The molecule has 0 radical (unpaired) electrons. The molecule has 1 aromatic heterocycles. The summed E-state index contributed by atoms with van der Waals surface area (Å²) in [6.45, 7) is 0.556. The number of thioether (sulfide) groups is 1. The summed E-state index contributed by atoms with van der Waals surface area (Å²) in [7, 11) is 0. The molecule has 0 aliphatic carbocycles. The Kier molecular flexibility index (Phi) is 5.02. The molecule has 0 aromatic carbocycles. The molecule has 1 aliphatic heterocycles. The fourth-order valence-corrected chi connectivity index (χ4v) is 2.51. The fourth-order valence-electron chi connectivity index (χ4n) is 2.00. The SMILES string of the molecule is CSc1ncc(Cl)c(C(=O)NC2(C(=O)O)CCOCC2)n1. The molecule has 0 spiro atoms. The Hall–Kier alpha value is -1.38. The molecule has 7 nitrogen and oxygen atoms in total. The molecule has 1 amide bonds. The van der Waals surface area contributed by atoms with Crippen LogP contribution in [0, 0.1) is 0 Å². The van der Waals surface area contributed by atoms with Crippen molar-refractivity contribution in [2.24, 2.45) is 0 Å². The van der Waals surface area contributed by atoms with Crippen LogP contribution in [0.2, 0.25) is 5.02 Å². The highest BCUT2D eigenvalue weighted by molar-refractivity contribution is 7.98. The van der Waals surface area contributed by atoms with Crippen LogP contribution in [0.25, 0.3) is 0 Å². The maximum atomic E-state index is 12.3. The number of halogens is 1. The Morgan fingerprint density at radius 1 is 1.48 bits per heavy atom. The number of carboxylic acid groups (broad SMARTS) is 1. The quantitative estimate of drug-likeness (QED) is 0.631. The molecule has 1 saturated heterocycles. The van der Waals surface area contributed by atoms with Crippen LogP contribution in [0.1, 0.15) is 23.3 Å². The first-order valence-electron chi connectivity index (χ1n) is 6.19. The highest BCUT2D eigenvalue weighted by Gasteiger charge is 2.42. The van der Waals surface area contributed by atoms with Gasteiger partial charge >= 0.3 is 5.97 Å². The van der Waals surface area contributed by atoms with Crippen LogP contribution in [0.3, 0.4) is 0 Å². The van der Waals surface area contributed by atoms with Gasteiger partial charge in [-0.05, 0) is 6.26 Å². The Bertz CT molecular complexity index is 563. The molecule has 1 aliphatic rings. The summed E-state index contributed by atoms with van der Waals surface area (Å²) in [5, 5.41) is 12.4. The summed E-state index contributed by atoms with van der Waals surface area (Å²) in [5.41, 5.74) is -1.37. The van der Waals surface area contributed by atoms with E-state index in [-0.39, 0.29) is 36.8 Å². The Morgan fingerprint density at radius 3 is 2.71 bits per heavy atom. The number of nitrogens with zero attached hydrogens (tertiary/aromatic N) is 2. The number of amides is 1. The number of ether oxygens (including phenoxy) is 1. The number of nitrogens with one attached hydrogen (secondary N) is 1. The van der Waals surface area contributed by atoms with E-state index in [0.29, 0.717) is 5.16 Å². The molecular weight excluding hydrogens is 318 g/mol. The number of hydrogen-bond acceptors (Lipinski definition) is 6. The summed E-state index contributed by atoms with van der Waals surface area (Å²) < 4.78 is 5.15. The Morgan fingerprint density at radius 2 is 2.14 bits per heavy atom. The van der Waals surface area contributed by atoms with E-state index in [1.54, 1.807) is 6.26 Å². The number of carbonyl (C=O) groups is 2. The highest BCUT2D eigenvalue weighted by atomic mass is 35.5. The van der Waals surface area contributed by atoms with Gasteiger partial charge in [0.2, 0.25) is 0 Å². The van der Waals surface area contributed by atoms with Gasteiger partial charge in [0.25, 0.3) is 5.91 Å². The maximum absolute atomic E-state index is 12.3. The first kappa shape index (κ1) is 16.0. The lowest BCUT2D eigenvalue weighted by Gasteiger charge is -2.33. The van der Waals surface area contributed by atoms with E-state index in [4.69, 9.17) is 16.3 Å².